The van der Waals surface area contributed by atoms with E-state index in [1.165, 1.54) is 0 Å². The van der Waals surface area contributed by atoms with Crippen molar-refractivity contribution in [1.82, 2.24) is 10.2 Å². The Kier molecular flexibility index (Phi) is 6.71. The molecule has 0 heterocycles. The Labute approximate surface area is 128 Å². The second kappa shape index (κ2) is 8.04. The third-order valence-electron chi connectivity index (χ3n) is 3.14. The molecule has 1 aromatic carbocycles. The van der Waals surface area contributed by atoms with Gasteiger partial charge in [-0.05, 0) is 31.0 Å². The van der Waals surface area contributed by atoms with Crippen LogP contribution in [-0.2, 0) is 16.1 Å². The molecular weight excluding hydrogens is 320 g/mol. The lowest BCUT2D eigenvalue weighted by Crippen LogP contribution is -2.46. The molecule has 0 fully saturated rings. The first-order chi connectivity index (χ1) is 9.49. The topological polar surface area (TPSA) is 49.4 Å². The Balaban J connectivity index is 2.89. The van der Waals surface area contributed by atoms with Gasteiger partial charge in [0.1, 0.15) is 6.04 Å². The molecule has 0 bridgehead atoms. The summed E-state index contributed by atoms with van der Waals surface area (Å²) in [7, 11) is 1.58. The van der Waals surface area contributed by atoms with Gasteiger partial charge in [0.15, 0.2) is 0 Å². The minimum atomic E-state index is -0.470. The van der Waals surface area contributed by atoms with Crippen molar-refractivity contribution < 1.29 is 9.59 Å². The van der Waals surface area contributed by atoms with Gasteiger partial charge < -0.3 is 10.2 Å². The predicted molar refractivity (Wildman–Crippen MR) is 83.1 cm³/mol. The van der Waals surface area contributed by atoms with E-state index in [4.69, 9.17) is 0 Å². The first-order valence-corrected chi connectivity index (χ1v) is 7.54. The Bertz CT molecular complexity index is 459. The fourth-order valence-corrected chi connectivity index (χ4v) is 2.20. The van der Waals surface area contributed by atoms with Crippen molar-refractivity contribution in [2.45, 2.75) is 39.3 Å². The van der Waals surface area contributed by atoms with E-state index in [-0.39, 0.29) is 11.8 Å². The SMILES string of the molecule is CCCC(=O)N(Cc1ccc(Br)cc1)[C@@H](C)C(=O)NC. The summed E-state index contributed by atoms with van der Waals surface area (Å²) < 4.78 is 0.993. The number of hydrogen-bond donors (Lipinski definition) is 1. The van der Waals surface area contributed by atoms with Crippen LogP contribution in [0.4, 0.5) is 0 Å². The highest BCUT2D eigenvalue weighted by Crippen LogP contribution is 2.15. The van der Waals surface area contributed by atoms with Gasteiger partial charge >= 0.3 is 0 Å². The maximum Gasteiger partial charge on any atom is 0.242 e. The van der Waals surface area contributed by atoms with Crippen LogP contribution in [0.3, 0.4) is 0 Å². The lowest BCUT2D eigenvalue weighted by Gasteiger charge is -2.28. The van der Waals surface area contributed by atoms with Crippen LogP contribution in [0.5, 0.6) is 0 Å². The van der Waals surface area contributed by atoms with Gasteiger partial charge in [-0.15, -0.1) is 0 Å². The largest absolute Gasteiger partial charge is 0.357 e. The van der Waals surface area contributed by atoms with Gasteiger partial charge in [0.25, 0.3) is 0 Å². The summed E-state index contributed by atoms with van der Waals surface area (Å²) in [4.78, 5) is 25.6. The highest BCUT2D eigenvalue weighted by Gasteiger charge is 2.24. The zero-order chi connectivity index (χ0) is 15.1. The second-order valence-corrected chi connectivity index (χ2v) is 5.60. The van der Waals surface area contributed by atoms with Crippen molar-refractivity contribution in [2.75, 3.05) is 7.05 Å². The summed E-state index contributed by atoms with van der Waals surface area (Å²) in [5.74, 6) is -0.141. The van der Waals surface area contributed by atoms with Crippen molar-refractivity contribution in [3.05, 3.63) is 34.3 Å². The highest BCUT2D eigenvalue weighted by atomic mass is 79.9. The van der Waals surface area contributed by atoms with Crippen molar-refractivity contribution in [3.63, 3.8) is 0 Å². The Morgan fingerprint density at radius 1 is 1.30 bits per heavy atom. The standard InChI is InChI=1S/C15H21BrN2O2/c1-4-5-14(19)18(11(2)15(20)17-3)10-12-6-8-13(16)9-7-12/h6-9,11H,4-5,10H2,1-3H3,(H,17,20)/t11-/m0/s1. The predicted octanol–water partition coefficient (Wildman–Crippen LogP) is 2.71. The van der Waals surface area contributed by atoms with Crippen molar-refractivity contribution in [3.8, 4) is 0 Å². The van der Waals surface area contributed by atoms with Crippen LogP contribution in [0.1, 0.15) is 32.3 Å². The molecule has 1 N–H and O–H groups in total. The van der Waals surface area contributed by atoms with E-state index in [0.29, 0.717) is 13.0 Å². The molecule has 0 radical (unpaired) electrons. The van der Waals surface area contributed by atoms with E-state index in [1.807, 2.05) is 31.2 Å². The van der Waals surface area contributed by atoms with Gasteiger partial charge in [-0.2, -0.15) is 0 Å². The fraction of sp³-hybridized carbons (Fsp3) is 0.467. The molecular formula is C15H21BrN2O2. The zero-order valence-electron chi connectivity index (χ0n) is 12.1. The van der Waals surface area contributed by atoms with Crippen LogP contribution in [0.2, 0.25) is 0 Å². The van der Waals surface area contributed by atoms with Crippen molar-refractivity contribution in [1.29, 1.82) is 0 Å². The Morgan fingerprint density at radius 2 is 1.90 bits per heavy atom. The normalized spacial score (nSPS) is 11.8. The van der Waals surface area contributed by atoms with Gasteiger partial charge in [0.2, 0.25) is 11.8 Å². The molecule has 0 saturated carbocycles. The molecule has 1 aromatic rings. The van der Waals surface area contributed by atoms with E-state index in [1.54, 1.807) is 18.9 Å². The monoisotopic (exact) mass is 340 g/mol. The van der Waals surface area contributed by atoms with Crippen LogP contribution < -0.4 is 5.32 Å². The molecule has 1 rings (SSSR count). The van der Waals surface area contributed by atoms with Gasteiger partial charge in [-0.1, -0.05) is 35.0 Å². The van der Waals surface area contributed by atoms with Crippen LogP contribution >= 0.6 is 15.9 Å². The Morgan fingerprint density at radius 3 is 2.40 bits per heavy atom. The molecule has 0 spiro atoms. The maximum atomic E-state index is 12.2. The zero-order valence-corrected chi connectivity index (χ0v) is 13.7. The average molecular weight is 341 g/mol. The van der Waals surface area contributed by atoms with Crippen LogP contribution in [0.15, 0.2) is 28.7 Å². The molecule has 0 unspecified atom stereocenters. The van der Waals surface area contributed by atoms with E-state index in [2.05, 4.69) is 21.2 Å². The highest BCUT2D eigenvalue weighted by molar-refractivity contribution is 9.10. The molecule has 0 saturated heterocycles. The summed E-state index contributed by atoms with van der Waals surface area (Å²) in [6.45, 7) is 4.16. The summed E-state index contributed by atoms with van der Waals surface area (Å²) in [5.41, 5.74) is 1.01. The number of hydrogen-bond acceptors (Lipinski definition) is 2. The fourth-order valence-electron chi connectivity index (χ4n) is 1.94. The van der Waals surface area contributed by atoms with E-state index >= 15 is 0 Å². The molecule has 110 valence electrons. The summed E-state index contributed by atoms with van der Waals surface area (Å²) in [6.07, 6.45) is 1.23. The van der Waals surface area contributed by atoms with Crippen molar-refractivity contribution >= 4 is 27.7 Å². The van der Waals surface area contributed by atoms with Crippen LogP contribution in [0.25, 0.3) is 0 Å². The smallest absolute Gasteiger partial charge is 0.242 e. The number of amides is 2. The molecule has 0 aliphatic carbocycles. The van der Waals surface area contributed by atoms with E-state index in [9.17, 15) is 9.59 Å². The molecule has 0 aliphatic heterocycles. The van der Waals surface area contributed by atoms with E-state index < -0.39 is 6.04 Å². The second-order valence-electron chi connectivity index (χ2n) is 4.69. The minimum Gasteiger partial charge on any atom is -0.357 e. The average Bonchev–Trinajstić information content (AvgIpc) is 2.45. The number of rotatable bonds is 6. The molecule has 0 aliphatic rings. The quantitative estimate of drug-likeness (QED) is 0.865. The molecule has 20 heavy (non-hydrogen) atoms. The van der Waals surface area contributed by atoms with Crippen molar-refractivity contribution in [2.24, 2.45) is 0 Å². The number of nitrogens with zero attached hydrogens (tertiary/aromatic N) is 1. The first-order valence-electron chi connectivity index (χ1n) is 6.75. The number of halogens is 1. The Hall–Kier alpha value is -1.36. The number of likely N-dealkylation sites (N-methyl/N-ethyl adjacent to an activating group) is 1. The lowest BCUT2D eigenvalue weighted by molar-refractivity contribution is -0.140. The van der Waals surface area contributed by atoms with E-state index in [0.717, 1.165) is 16.5 Å². The van der Waals surface area contributed by atoms with Gasteiger partial charge in [-0.3, -0.25) is 9.59 Å². The molecule has 1 atom stereocenters. The first kappa shape index (κ1) is 16.7. The number of carbonyl (C=O) groups excluding carboxylic acids is 2. The molecule has 2 amide bonds. The molecule has 5 heteroatoms. The third-order valence-corrected chi connectivity index (χ3v) is 3.67. The van der Waals surface area contributed by atoms with Gasteiger partial charge in [0, 0.05) is 24.5 Å². The number of nitrogens with one attached hydrogen (secondary N) is 1. The summed E-state index contributed by atoms with van der Waals surface area (Å²) in [6, 6.07) is 7.30. The number of benzene rings is 1. The summed E-state index contributed by atoms with van der Waals surface area (Å²) in [5, 5.41) is 2.60. The van der Waals surface area contributed by atoms with Gasteiger partial charge in [0.05, 0.1) is 0 Å². The third kappa shape index (κ3) is 4.63. The maximum absolute atomic E-state index is 12.2. The molecule has 0 aromatic heterocycles. The number of carbonyl (C=O) groups is 2. The van der Waals surface area contributed by atoms with Crippen LogP contribution in [0, 0.1) is 0 Å². The summed E-state index contributed by atoms with van der Waals surface area (Å²) >= 11 is 3.38. The van der Waals surface area contributed by atoms with Gasteiger partial charge in [-0.25, -0.2) is 0 Å². The lowest BCUT2D eigenvalue weighted by atomic mass is 10.1. The van der Waals surface area contributed by atoms with Crippen LogP contribution in [-0.4, -0.2) is 29.8 Å². The molecule has 4 nitrogen and oxygen atoms in total. The minimum absolute atomic E-state index is 0.00604.